The van der Waals surface area contributed by atoms with Gasteiger partial charge in [-0.05, 0) is 19.1 Å². The number of rotatable bonds is 6. The van der Waals surface area contributed by atoms with Crippen molar-refractivity contribution in [3.63, 3.8) is 0 Å². The average molecular weight is 427 g/mol. The highest BCUT2D eigenvalue weighted by molar-refractivity contribution is 8.00. The smallest absolute Gasteiger partial charge is 0.269 e. The number of amides is 1. The number of hydrogen-bond acceptors (Lipinski definition) is 9. The van der Waals surface area contributed by atoms with Crippen molar-refractivity contribution in [1.29, 1.82) is 0 Å². The Balaban J connectivity index is 1.43. The zero-order chi connectivity index (χ0) is 20.4. The van der Waals surface area contributed by atoms with E-state index >= 15 is 0 Å². The van der Waals surface area contributed by atoms with Gasteiger partial charge in [-0.3, -0.25) is 14.9 Å². The van der Waals surface area contributed by atoms with Crippen LogP contribution in [-0.4, -0.2) is 41.0 Å². The molecule has 0 spiro atoms. The molecule has 1 unspecified atom stereocenters. The molecule has 0 saturated heterocycles. The highest BCUT2D eigenvalue weighted by Gasteiger charge is 2.19. The number of thioether (sulfide) groups is 1. The van der Waals surface area contributed by atoms with Crippen molar-refractivity contribution < 1.29 is 9.72 Å². The van der Waals surface area contributed by atoms with E-state index in [4.69, 9.17) is 0 Å². The lowest BCUT2D eigenvalue weighted by Crippen LogP contribution is -2.22. The largest absolute Gasteiger partial charge is 0.341 e. The van der Waals surface area contributed by atoms with Crippen LogP contribution in [0.2, 0.25) is 0 Å². The molecule has 0 fully saturated rings. The Morgan fingerprint density at radius 2 is 2.07 bits per heavy atom. The molecule has 4 aromatic rings. The van der Waals surface area contributed by atoms with Gasteiger partial charge in [0, 0.05) is 23.1 Å². The van der Waals surface area contributed by atoms with Crippen molar-refractivity contribution in [2.45, 2.75) is 17.2 Å². The number of aromatic nitrogens is 5. The minimum atomic E-state index is -0.454. The molecule has 1 amide bonds. The first-order chi connectivity index (χ1) is 14.0. The van der Waals surface area contributed by atoms with Crippen molar-refractivity contribution >= 4 is 51.0 Å². The number of imidazole rings is 1. The lowest BCUT2D eigenvalue weighted by molar-refractivity contribution is -0.384. The lowest BCUT2D eigenvalue weighted by Gasteiger charge is -2.10. The van der Waals surface area contributed by atoms with Crippen molar-refractivity contribution in [3.05, 3.63) is 52.4 Å². The van der Waals surface area contributed by atoms with Crippen LogP contribution in [-0.2, 0) is 4.79 Å². The Labute approximate surface area is 172 Å². The number of thiazole rings is 1. The molecule has 0 radical (unpaired) electrons. The van der Waals surface area contributed by atoms with Crippen LogP contribution >= 0.6 is 23.1 Å². The van der Waals surface area contributed by atoms with Gasteiger partial charge in [0.05, 0.1) is 22.2 Å². The van der Waals surface area contributed by atoms with Gasteiger partial charge in [-0.1, -0.05) is 11.8 Å². The fourth-order valence-corrected chi connectivity index (χ4v) is 4.08. The first-order valence-electron chi connectivity index (χ1n) is 8.33. The lowest BCUT2D eigenvalue weighted by atomic mass is 10.1. The Kier molecular flexibility index (Phi) is 5.18. The number of H-pyrrole nitrogens is 1. The second-order valence-corrected chi connectivity index (χ2v) is 8.06. The van der Waals surface area contributed by atoms with Crippen LogP contribution in [0.4, 0.5) is 10.8 Å². The van der Waals surface area contributed by atoms with E-state index < -0.39 is 10.2 Å². The average Bonchev–Trinajstić information content (AvgIpc) is 3.38. The number of non-ortho nitro benzene ring substituents is 1. The molecule has 1 aromatic carbocycles. The molecule has 2 N–H and O–H groups in total. The zero-order valence-corrected chi connectivity index (χ0v) is 16.5. The van der Waals surface area contributed by atoms with Crippen molar-refractivity contribution in [2.24, 2.45) is 0 Å². The van der Waals surface area contributed by atoms with Gasteiger partial charge in [-0.25, -0.2) is 19.9 Å². The van der Waals surface area contributed by atoms with Crippen molar-refractivity contribution in [1.82, 2.24) is 24.9 Å². The molecule has 29 heavy (non-hydrogen) atoms. The molecule has 3 aromatic heterocycles. The molecule has 0 aliphatic carbocycles. The van der Waals surface area contributed by atoms with E-state index in [0.29, 0.717) is 27.0 Å². The predicted molar refractivity (Wildman–Crippen MR) is 110 cm³/mol. The summed E-state index contributed by atoms with van der Waals surface area (Å²) in [6.07, 6.45) is 2.94. The molecule has 0 saturated carbocycles. The van der Waals surface area contributed by atoms with E-state index in [-0.39, 0.29) is 11.6 Å². The molecular weight excluding hydrogens is 414 g/mol. The molecule has 0 aliphatic heterocycles. The number of aromatic amines is 1. The molecule has 12 heteroatoms. The SMILES string of the molecule is CC(Sc1ncnc2nc[nH]c12)C(=O)Nc1nc(-c2ccc([N+](=O)[O-])cc2)cs1. The maximum atomic E-state index is 12.5. The Morgan fingerprint density at radius 1 is 1.28 bits per heavy atom. The maximum Gasteiger partial charge on any atom is 0.269 e. The van der Waals surface area contributed by atoms with E-state index in [2.05, 4.69) is 30.2 Å². The van der Waals surface area contributed by atoms with Gasteiger partial charge in [-0.15, -0.1) is 11.3 Å². The molecule has 4 rings (SSSR count). The van der Waals surface area contributed by atoms with E-state index in [1.165, 1.54) is 47.9 Å². The van der Waals surface area contributed by atoms with E-state index in [1.54, 1.807) is 24.4 Å². The number of anilines is 1. The van der Waals surface area contributed by atoms with Crippen molar-refractivity contribution in [3.8, 4) is 11.3 Å². The normalized spacial score (nSPS) is 12.0. The minimum absolute atomic E-state index is 0.0134. The second kappa shape index (κ2) is 7.93. The van der Waals surface area contributed by atoms with Gasteiger partial charge < -0.3 is 10.3 Å². The number of fused-ring (bicyclic) bond motifs is 1. The number of nitrogens with zero attached hydrogens (tertiary/aromatic N) is 5. The standard InChI is InChI=1S/C17H13N7O3S2/c1-9(29-16-13-14(19-7-18-13)20-8-21-16)15(25)23-17-22-12(6-28-17)10-2-4-11(5-3-10)24(26)27/h2-9H,1H3,(H,22,23,25)(H,18,19,20,21). The summed E-state index contributed by atoms with van der Waals surface area (Å²) < 4.78 is 0. The van der Waals surface area contributed by atoms with Crippen LogP contribution in [0.5, 0.6) is 0 Å². The van der Waals surface area contributed by atoms with Gasteiger partial charge >= 0.3 is 0 Å². The number of hydrogen-bond donors (Lipinski definition) is 2. The van der Waals surface area contributed by atoms with Crippen LogP contribution in [0, 0.1) is 10.1 Å². The molecule has 1 atom stereocenters. The molecule has 10 nitrogen and oxygen atoms in total. The highest BCUT2D eigenvalue weighted by Crippen LogP contribution is 2.29. The number of nitrogens with one attached hydrogen (secondary N) is 2. The van der Waals surface area contributed by atoms with E-state index in [1.807, 2.05) is 0 Å². The zero-order valence-electron chi connectivity index (χ0n) is 14.9. The van der Waals surface area contributed by atoms with Crippen LogP contribution < -0.4 is 5.32 Å². The second-order valence-electron chi connectivity index (χ2n) is 5.87. The minimum Gasteiger partial charge on any atom is -0.341 e. The summed E-state index contributed by atoms with van der Waals surface area (Å²) >= 11 is 2.57. The fourth-order valence-electron chi connectivity index (χ4n) is 2.48. The fraction of sp³-hybridized carbons (Fsp3) is 0.118. The summed E-state index contributed by atoms with van der Waals surface area (Å²) in [5.74, 6) is -0.217. The third kappa shape index (κ3) is 4.07. The number of nitro benzene ring substituents is 1. The molecule has 0 bridgehead atoms. The van der Waals surface area contributed by atoms with Crippen molar-refractivity contribution in [2.75, 3.05) is 5.32 Å². The van der Waals surface area contributed by atoms with Crippen LogP contribution in [0.25, 0.3) is 22.4 Å². The van der Waals surface area contributed by atoms with E-state index in [0.717, 1.165) is 5.56 Å². The summed E-state index contributed by atoms with van der Waals surface area (Å²) in [6.45, 7) is 1.77. The molecule has 0 aliphatic rings. The summed E-state index contributed by atoms with van der Waals surface area (Å²) in [4.78, 5) is 42.6. The Morgan fingerprint density at radius 3 is 2.83 bits per heavy atom. The monoisotopic (exact) mass is 427 g/mol. The third-order valence-corrected chi connectivity index (χ3v) is 5.81. The number of carbonyl (C=O) groups is 1. The Bertz CT molecular complexity index is 1190. The number of nitro groups is 1. The van der Waals surface area contributed by atoms with Gasteiger partial charge in [0.15, 0.2) is 10.8 Å². The van der Waals surface area contributed by atoms with Crippen LogP contribution in [0.3, 0.4) is 0 Å². The quantitative estimate of drug-likeness (QED) is 0.206. The first kappa shape index (κ1) is 19.0. The topological polar surface area (TPSA) is 140 Å². The van der Waals surface area contributed by atoms with Gasteiger partial charge in [0.1, 0.15) is 16.9 Å². The molecular formula is C17H13N7O3S2. The van der Waals surface area contributed by atoms with E-state index in [9.17, 15) is 14.9 Å². The molecule has 3 heterocycles. The summed E-state index contributed by atoms with van der Waals surface area (Å²) in [5.41, 5.74) is 2.61. The number of benzene rings is 1. The number of carbonyl (C=O) groups excluding carboxylic acids is 1. The Hall–Kier alpha value is -3.38. The highest BCUT2D eigenvalue weighted by atomic mass is 32.2. The first-order valence-corrected chi connectivity index (χ1v) is 10.1. The van der Waals surface area contributed by atoms with Crippen LogP contribution in [0.1, 0.15) is 6.92 Å². The maximum absolute atomic E-state index is 12.5. The summed E-state index contributed by atoms with van der Waals surface area (Å²) in [5, 5.41) is 16.0. The predicted octanol–water partition coefficient (Wildman–Crippen LogP) is 3.50. The third-order valence-electron chi connectivity index (χ3n) is 3.95. The van der Waals surface area contributed by atoms with Gasteiger partial charge in [0.2, 0.25) is 5.91 Å². The molecule has 146 valence electrons. The van der Waals surface area contributed by atoms with Gasteiger partial charge in [0.25, 0.3) is 5.69 Å². The summed E-state index contributed by atoms with van der Waals surface area (Å²) in [6, 6.07) is 6.09. The summed E-state index contributed by atoms with van der Waals surface area (Å²) in [7, 11) is 0. The van der Waals surface area contributed by atoms with Crippen LogP contribution in [0.15, 0.2) is 47.3 Å². The van der Waals surface area contributed by atoms with Gasteiger partial charge in [-0.2, -0.15) is 0 Å².